The topological polar surface area (TPSA) is 73.6 Å². The number of hydrogen-bond donors (Lipinski definition) is 3. The predicted molar refractivity (Wildman–Crippen MR) is 89.3 cm³/mol. The Morgan fingerprint density at radius 2 is 2.09 bits per heavy atom. The largest absolute Gasteiger partial charge is 0.361 e. The molecule has 3 rings (SSSR count). The van der Waals surface area contributed by atoms with Crippen molar-refractivity contribution >= 4 is 16.9 Å². The Morgan fingerprint density at radius 1 is 1.23 bits per heavy atom. The first-order valence-corrected chi connectivity index (χ1v) is 7.65. The van der Waals surface area contributed by atoms with Crippen LogP contribution >= 0.6 is 0 Å². The second-order valence-electron chi connectivity index (χ2n) is 5.37. The second kappa shape index (κ2) is 6.47. The number of aryl methyl sites for hydroxylation is 1. The van der Waals surface area contributed by atoms with E-state index in [0.29, 0.717) is 5.95 Å². The number of H-pyrrole nitrogens is 2. The molecule has 0 fully saturated rings. The Morgan fingerprint density at radius 3 is 2.95 bits per heavy atom. The molecule has 2 heterocycles. The van der Waals surface area contributed by atoms with Crippen LogP contribution in [0.1, 0.15) is 24.6 Å². The van der Waals surface area contributed by atoms with Gasteiger partial charge in [0, 0.05) is 35.4 Å². The first-order chi connectivity index (χ1) is 10.8. The molecule has 0 saturated carbocycles. The van der Waals surface area contributed by atoms with Gasteiger partial charge in [0.2, 0.25) is 5.95 Å². The van der Waals surface area contributed by atoms with E-state index in [1.165, 1.54) is 10.9 Å². The van der Waals surface area contributed by atoms with Gasteiger partial charge >= 0.3 is 0 Å². The van der Waals surface area contributed by atoms with Crippen molar-refractivity contribution in [2.75, 3.05) is 11.9 Å². The van der Waals surface area contributed by atoms with E-state index in [4.69, 9.17) is 0 Å². The van der Waals surface area contributed by atoms with Crippen molar-refractivity contribution in [2.24, 2.45) is 0 Å². The van der Waals surface area contributed by atoms with Gasteiger partial charge in [-0.1, -0.05) is 31.5 Å². The Hall–Kier alpha value is -2.56. The molecule has 3 N–H and O–H groups in total. The minimum absolute atomic E-state index is 0.104. The molecule has 0 radical (unpaired) electrons. The van der Waals surface area contributed by atoms with Gasteiger partial charge in [-0.05, 0) is 24.5 Å². The van der Waals surface area contributed by atoms with E-state index in [2.05, 4.69) is 39.3 Å². The van der Waals surface area contributed by atoms with Crippen molar-refractivity contribution in [3.05, 3.63) is 58.1 Å². The van der Waals surface area contributed by atoms with Crippen LogP contribution in [0.3, 0.4) is 0 Å². The monoisotopic (exact) mass is 296 g/mol. The summed E-state index contributed by atoms with van der Waals surface area (Å²) in [5.41, 5.74) is 3.14. The van der Waals surface area contributed by atoms with E-state index in [-0.39, 0.29) is 5.56 Å². The third kappa shape index (κ3) is 3.19. The zero-order valence-electron chi connectivity index (χ0n) is 12.6. The summed E-state index contributed by atoms with van der Waals surface area (Å²) < 4.78 is 0. The summed E-state index contributed by atoms with van der Waals surface area (Å²) in [5.74, 6) is 0.552. The third-order valence-electron chi connectivity index (χ3n) is 3.66. The fraction of sp³-hybridized carbons (Fsp3) is 0.294. The summed E-state index contributed by atoms with van der Waals surface area (Å²) in [4.78, 5) is 22.1. The highest BCUT2D eigenvalue weighted by Crippen LogP contribution is 2.17. The zero-order valence-corrected chi connectivity index (χ0v) is 12.6. The average molecular weight is 296 g/mol. The molecule has 0 aliphatic rings. The fourth-order valence-electron chi connectivity index (χ4n) is 2.63. The van der Waals surface area contributed by atoms with Crippen LogP contribution in [-0.2, 0) is 12.8 Å². The minimum atomic E-state index is -0.104. The van der Waals surface area contributed by atoms with E-state index in [1.807, 2.05) is 18.3 Å². The van der Waals surface area contributed by atoms with Crippen molar-refractivity contribution < 1.29 is 0 Å². The van der Waals surface area contributed by atoms with Gasteiger partial charge in [-0.2, -0.15) is 0 Å². The fourth-order valence-corrected chi connectivity index (χ4v) is 2.63. The Labute approximate surface area is 128 Å². The normalized spacial score (nSPS) is 11.0. The van der Waals surface area contributed by atoms with Crippen molar-refractivity contribution in [2.45, 2.75) is 26.2 Å². The molecule has 0 bridgehead atoms. The van der Waals surface area contributed by atoms with E-state index >= 15 is 0 Å². The molecule has 0 atom stereocenters. The first kappa shape index (κ1) is 14.4. The second-order valence-corrected chi connectivity index (χ2v) is 5.37. The van der Waals surface area contributed by atoms with Crippen LogP contribution in [0, 0.1) is 0 Å². The average Bonchev–Trinajstić information content (AvgIpc) is 2.91. The zero-order chi connectivity index (χ0) is 15.4. The third-order valence-corrected chi connectivity index (χ3v) is 3.66. The molecular formula is C17H20N4O. The smallest absolute Gasteiger partial charge is 0.252 e. The molecule has 0 amide bonds. The maximum Gasteiger partial charge on any atom is 0.252 e. The van der Waals surface area contributed by atoms with Crippen LogP contribution in [0.2, 0.25) is 0 Å². The Balaban J connectivity index is 1.67. The van der Waals surface area contributed by atoms with E-state index in [0.717, 1.165) is 37.0 Å². The highest BCUT2D eigenvalue weighted by atomic mass is 16.1. The maximum absolute atomic E-state index is 11.6. The number of nitrogens with one attached hydrogen (secondary N) is 3. The SMILES string of the molecule is CCCc1cc(=O)[nH]c(NCCc2c[nH]c3ccccc23)n1. The number of para-hydroxylation sites is 1. The van der Waals surface area contributed by atoms with Crippen LogP contribution in [0.15, 0.2) is 41.3 Å². The van der Waals surface area contributed by atoms with Gasteiger partial charge in [-0.3, -0.25) is 9.78 Å². The number of fused-ring (bicyclic) bond motifs is 1. The number of hydrogen-bond acceptors (Lipinski definition) is 3. The van der Waals surface area contributed by atoms with E-state index < -0.39 is 0 Å². The molecule has 0 aliphatic carbocycles. The Bertz CT molecular complexity index is 819. The quantitative estimate of drug-likeness (QED) is 0.655. The molecule has 0 unspecified atom stereocenters. The van der Waals surface area contributed by atoms with Crippen molar-refractivity contribution in [1.82, 2.24) is 15.0 Å². The lowest BCUT2D eigenvalue weighted by Crippen LogP contribution is -2.15. The highest BCUT2D eigenvalue weighted by Gasteiger charge is 2.04. The summed E-state index contributed by atoms with van der Waals surface area (Å²) in [6.45, 7) is 2.80. The lowest BCUT2D eigenvalue weighted by molar-refractivity contribution is 0.862. The minimum Gasteiger partial charge on any atom is -0.361 e. The molecule has 5 nitrogen and oxygen atoms in total. The van der Waals surface area contributed by atoms with Gasteiger partial charge in [0.25, 0.3) is 5.56 Å². The van der Waals surface area contributed by atoms with Crippen molar-refractivity contribution in [3.63, 3.8) is 0 Å². The van der Waals surface area contributed by atoms with Crippen molar-refractivity contribution in [3.8, 4) is 0 Å². The molecule has 0 saturated heterocycles. The van der Waals surface area contributed by atoms with Crippen LogP contribution in [0.4, 0.5) is 5.95 Å². The van der Waals surface area contributed by atoms with Crippen LogP contribution < -0.4 is 10.9 Å². The van der Waals surface area contributed by atoms with E-state index in [1.54, 1.807) is 6.07 Å². The molecule has 3 aromatic rings. The van der Waals surface area contributed by atoms with Crippen molar-refractivity contribution in [1.29, 1.82) is 0 Å². The number of aromatic amines is 2. The molecule has 0 spiro atoms. The summed E-state index contributed by atoms with van der Waals surface area (Å²) in [6.07, 6.45) is 4.70. The summed E-state index contributed by atoms with van der Waals surface area (Å²) in [6, 6.07) is 9.81. The number of nitrogens with zero attached hydrogens (tertiary/aromatic N) is 1. The molecule has 2 aromatic heterocycles. The van der Waals surface area contributed by atoms with Gasteiger partial charge in [-0.25, -0.2) is 4.98 Å². The van der Waals surface area contributed by atoms with Crippen LogP contribution in [0.25, 0.3) is 10.9 Å². The van der Waals surface area contributed by atoms with Gasteiger partial charge < -0.3 is 10.3 Å². The summed E-state index contributed by atoms with van der Waals surface area (Å²) in [7, 11) is 0. The number of benzene rings is 1. The number of aromatic nitrogens is 3. The molecule has 114 valence electrons. The van der Waals surface area contributed by atoms with Crippen LogP contribution in [-0.4, -0.2) is 21.5 Å². The Kier molecular flexibility index (Phi) is 4.23. The summed E-state index contributed by atoms with van der Waals surface area (Å²) >= 11 is 0. The van der Waals surface area contributed by atoms with Gasteiger partial charge in [-0.15, -0.1) is 0 Å². The summed E-state index contributed by atoms with van der Waals surface area (Å²) in [5, 5.41) is 4.45. The van der Waals surface area contributed by atoms with Gasteiger partial charge in [0.1, 0.15) is 0 Å². The number of rotatable bonds is 6. The lowest BCUT2D eigenvalue weighted by Gasteiger charge is -2.06. The molecule has 0 aliphatic heterocycles. The molecule has 1 aromatic carbocycles. The van der Waals surface area contributed by atoms with Gasteiger partial charge in [0.15, 0.2) is 0 Å². The predicted octanol–water partition coefficient (Wildman–Crippen LogP) is 2.86. The highest BCUT2D eigenvalue weighted by molar-refractivity contribution is 5.83. The van der Waals surface area contributed by atoms with E-state index in [9.17, 15) is 4.79 Å². The number of anilines is 1. The molecule has 5 heteroatoms. The molecule has 22 heavy (non-hydrogen) atoms. The van der Waals surface area contributed by atoms with Gasteiger partial charge in [0.05, 0.1) is 0 Å². The maximum atomic E-state index is 11.6. The lowest BCUT2D eigenvalue weighted by atomic mass is 10.1. The van der Waals surface area contributed by atoms with Crippen LogP contribution in [0.5, 0.6) is 0 Å². The molecular weight excluding hydrogens is 276 g/mol. The standard InChI is InChI=1S/C17H20N4O/c1-2-5-13-10-16(22)21-17(20-13)18-9-8-12-11-19-15-7-4-3-6-14(12)15/h3-4,6-7,10-11,19H,2,5,8-9H2,1H3,(H2,18,20,21,22). The first-order valence-electron chi connectivity index (χ1n) is 7.65.